The fraction of sp³-hybridized carbons (Fsp3) is 0.0952. The van der Waals surface area contributed by atoms with E-state index in [2.05, 4.69) is 4.98 Å². The summed E-state index contributed by atoms with van der Waals surface area (Å²) in [6.07, 6.45) is 0. The Hall–Kier alpha value is -3.25. The summed E-state index contributed by atoms with van der Waals surface area (Å²) in [5.74, 6) is -1.10. The average molecular weight is 376 g/mol. The first-order valence-electron chi connectivity index (χ1n) is 8.41. The van der Waals surface area contributed by atoms with Crippen LogP contribution in [-0.4, -0.2) is 21.8 Å². The van der Waals surface area contributed by atoms with Gasteiger partial charge in [0.2, 0.25) is 5.78 Å². The number of Topliss-reactive ketones (excluding diaryl/α,β-unsaturated/α-hetero) is 1. The van der Waals surface area contributed by atoms with Crippen LogP contribution in [0.25, 0.3) is 0 Å². The van der Waals surface area contributed by atoms with Crippen LogP contribution in [0.2, 0.25) is 0 Å². The highest BCUT2D eigenvalue weighted by Crippen LogP contribution is 2.41. The Morgan fingerprint density at radius 1 is 1.07 bits per heavy atom. The molecule has 134 valence electrons. The summed E-state index contributed by atoms with van der Waals surface area (Å²) in [6.45, 7) is 1.83. The third-order valence-corrected chi connectivity index (χ3v) is 5.30. The number of carbonyl (C=O) groups excluding carboxylic acids is 2. The van der Waals surface area contributed by atoms with E-state index in [1.54, 1.807) is 29.6 Å². The van der Waals surface area contributed by atoms with Gasteiger partial charge in [-0.2, -0.15) is 0 Å². The number of carbonyl (C=O) groups is 2. The van der Waals surface area contributed by atoms with Crippen LogP contribution in [-0.2, 0) is 4.79 Å². The van der Waals surface area contributed by atoms with Crippen molar-refractivity contribution in [3.63, 3.8) is 0 Å². The van der Waals surface area contributed by atoms with Gasteiger partial charge in [-0.15, -0.1) is 11.3 Å². The Kier molecular flexibility index (Phi) is 4.33. The van der Waals surface area contributed by atoms with E-state index in [4.69, 9.17) is 0 Å². The van der Waals surface area contributed by atoms with Crippen molar-refractivity contribution in [1.29, 1.82) is 0 Å². The summed E-state index contributed by atoms with van der Waals surface area (Å²) in [4.78, 5) is 32.3. The summed E-state index contributed by atoms with van der Waals surface area (Å²) in [5.41, 5.74) is 1.56. The number of ketones is 1. The maximum Gasteiger partial charge on any atom is 0.295 e. The van der Waals surface area contributed by atoms with Crippen molar-refractivity contribution in [3.05, 3.63) is 93.5 Å². The zero-order valence-corrected chi connectivity index (χ0v) is 15.3. The number of rotatable bonds is 4. The molecule has 6 heteroatoms. The summed E-state index contributed by atoms with van der Waals surface area (Å²) >= 11 is 1.28. The second-order valence-corrected chi connectivity index (χ2v) is 7.14. The van der Waals surface area contributed by atoms with Crippen LogP contribution in [0.5, 0.6) is 0 Å². The number of benzene rings is 1. The molecule has 0 saturated carbocycles. The van der Waals surface area contributed by atoms with E-state index in [9.17, 15) is 14.7 Å². The second kappa shape index (κ2) is 6.81. The fourth-order valence-corrected chi connectivity index (χ4v) is 3.91. The number of aromatic nitrogens is 1. The molecule has 0 fully saturated rings. The SMILES string of the molecule is Cc1cccc(N2C(=O)C(O)=C(C(=O)c3cccs3)[C@@H]2c2ccccc2)n1. The molecule has 0 unspecified atom stereocenters. The molecule has 3 aromatic rings. The van der Waals surface area contributed by atoms with E-state index in [1.165, 1.54) is 16.2 Å². The minimum Gasteiger partial charge on any atom is -0.503 e. The molecule has 1 amide bonds. The Balaban J connectivity index is 1.89. The first-order chi connectivity index (χ1) is 13.1. The molecular weight excluding hydrogens is 360 g/mol. The van der Waals surface area contributed by atoms with Gasteiger partial charge in [0.1, 0.15) is 5.82 Å². The lowest BCUT2D eigenvalue weighted by Gasteiger charge is -2.26. The van der Waals surface area contributed by atoms with Crippen LogP contribution in [0.15, 0.2) is 77.4 Å². The van der Waals surface area contributed by atoms with Gasteiger partial charge in [0.15, 0.2) is 5.76 Å². The summed E-state index contributed by atoms with van der Waals surface area (Å²) in [5, 5.41) is 12.4. The molecule has 0 radical (unpaired) electrons. The van der Waals surface area contributed by atoms with E-state index >= 15 is 0 Å². The normalized spacial score (nSPS) is 16.9. The van der Waals surface area contributed by atoms with Gasteiger partial charge in [-0.1, -0.05) is 42.5 Å². The van der Waals surface area contributed by atoms with E-state index in [0.717, 1.165) is 11.3 Å². The van der Waals surface area contributed by atoms with Gasteiger partial charge < -0.3 is 5.11 Å². The van der Waals surface area contributed by atoms with Crippen molar-refractivity contribution in [1.82, 2.24) is 4.98 Å². The van der Waals surface area contributed by atoms with Gasteiger partial charge >= 0.3 is 0 Å². The van der Waals surface area contributed by atoms with E-state index < -0.39 is 17.7 Å². The Bertz CT molecular complexity index is 1040. The van der Waals surface area contributed by atoms with Crippen LogP contribution in [0, 0.1) is 6.92 Å². The molecule has 3 heterocycles. The molecule has 0 spiro atoms. The minimum atomic E-state index is -0.734. The van der Waals surface area contributed by atoms with Crippen molar-refractivity contribution < 1.29 is 14.7 Å². The van der Waals surface area contributed by atoms with Crippen LogP contribution in [0.4, 0.5) is 5.82 Å². The smallest absolute Gasteiger partial charge is 0.295 e. The molecule has 0 bridgehead atoms. The molecule has 4 rings (SSSR count). The standard InChI is InChI=1S/C21H16N2O3S/c1-13-7-5-11-16(22-13)23-18(14-8-3-2-4-9-14)17(20(25)21(23)26)19(24)15-10-6-12-27-15/h2-12,18,25H,1H3/t18-/m0/s1. The molecule has 1 aliphatic heterocycles. The molecule has 1 aromatic carbocycles. The average Bonchev–Trinajstić information content (AvgIpc) is 3.30. The zero-order valence-electron chi connectivity index (χ0n) is 14.5. The van der Waals surface area contributed by atoms with Gasteiger partial charge in [0, 0.05) is 5.69 Å². The maximum atomic E-state index is 13.1. The first kappa shape index (κ1) is 17.2. The van der Waals surface area contributed by atoms with E-state index in [0.29, 0.717) is 10.7 Å². The second-order valence-electron chi connectivity index (χ2n) is 6.19. The molecule has 0 aliphatic carbocycles. The largest absolute Gasteiger partial charge is 0.503 e. The van der Waals surface area contributed by atoms with Crippen LogP contribution < -0.4 is 4.90 Å². The van der Waals surface area contributed by atoms with E-state index in [1.807, 2.05) is 43.3 Å². The van der Waals surface area contributed by atoms with Gasteiger partial charge in [0.05, 0.1) is 16.5 Å². The fourth-order valence-electron chi connectivity index (χ4n) is 3.23. The highest BCUT2D eigenvalue weighted by Gasteiger charge is 2.45. The van der Waals surface area contributed by atoms with Crippen molar-refractivity contribution in [3.8, 4) is 0 Å². The number of nitrogens with zero attached hydrogens (tertiary/aromatic N) is 2. The van der Waals surface area contributed by atoms with Crippen molar-refractivity contribution in [2.24, 2.45) is 0 Å². The maximum absolute atomic E-state index is 13.1. The lowest BCUT2D eigenvalue weighted by atomic mass is 9.95. The lowest BCUT2D eigenvalue weighted by Crippen LogP contribution is -2.31. The Labute approximate surface area is 160 Å². The molecular formula is C21H16N2O3S. The molecule has 2 aromatic heterocycles. The molecule has 1 aliphatic rings. The highest BCUT2D eigenvalue weighted by molar-refractivity contribution is 7.12. The van der Waals surface area contributed by atoms with Crippen molar-refractivity contribution >= 4 is 28.8 Å². The predicted molar refractivity (Wildman–Crippen MR) is 104 cm³/mol. The highest BCUT2D eigenvalue weighted by atomic mass is 32.1. The van der Waals surface area contributed by atoms with Gasteiger partial charge in [-0.05, 0) is 36.1 Å². The van der Waals surface area contributed by atoms with Crippen LogP contribution in [0.1, 0.15) is 27.0 Å². The minimum absolute atomic E-state index is 0.0805. The number of aryl methyl sites for hydroxylation is 1. The topological polar surface area (TPSA) is 70.5 Å². The molecule has 0 saturated heterocycles. The van der Waals surface area contributed by atoms with Gasteiger partial charge in [-0.25, -0.2) is 4.98 Å². The van der Waals surface area contributed by atoms with Gasteiger partial charge in [-0.3, -0.25) is 14.5 Å². The number of hydrogen-bond donors (Lipinski definition) is 1. The Morgan fingerprint density at radius 3 is 2.52 bits per heavy atom. The quantitative estimate of drug-likeness (QED) is 0.692. The number of aliphatic hydroxyl groups excluding tert-OH is 1. The molecule has 1 N–H and O–H groups in total. The van der Waals surface area contributed by atoms with Crippen LogP contribution in [0.3, 0.4) is 0 Å². The number of aliphatic hydroxyl groups is 1. The van der Waals surface area contributed by atoms with Crippen molar-refractivity contribution in [2.75, 3.05) is 4.90 Å². The third kappa shape index (κ3) is 2.94. The van der Waals surface area contributed by atoms with Crippen LogP contribution >= 0.6 is 11.3 Å². The van der Waals surface area contributed by atoms with E-state index in [-0.39, 0.29) is 11.4 Å². The molecule has 5 nitrogen and oxygen atoms in total. The number of anilines is 1. The van der Waals surface area contributed by atoms with Crippen molar-refractivity contribution in [2.45, 2.75) is 13.0 Å². The molecule has 27 heavy (non-hydrogen) atoms. The monoisotopic (exact) mass is 376 g/mol. The molecule has 1 atom stereocenters. The Morgan fingerprint density at radius 2 is 1.85 bits per heavy atom. The summed E-state index contributed by atoms with van der Waals surface area (Å²) in [6, 6.07) is 17.2. The first-order valence-corrected chi connectivity index (χ1v) is 9.29. The number of amides is 1. The number of thiophene rings is 1. The summed E-state index contributed by atoms with van der Waals surface area (Å²) in [7, 11) is 0. The predicted octanol–water partition coefficient (Wildman–Crippen LogP) is 4.23. The number of pyridine rings is 1. The van der Waals surface area contributed by atoms with Gasteiger partial charge in [0.25, 0.3) is 5.91 Å². The lowest BCUT2D eigenvalue weighted by molar-refractivity contribution is -0.117. The number of hydrogen-bond acceptors (Lipinski definition) is 5. The summed E-state index contributed by atoms with van der Waals surface area (Å²) < 4.78 is 0. The third-order valence-electron chi connectivity index (χ3n) is 4.43. The zero-order chi connectivity index (χ0) is 19.0.